The Morgan fingerprint density at radius 2 is 1.83 bits per heavy atom. The van der Waals surface area contributed by atoms with Crippen LogP contribution in [0.3, 0.4) is 0 Å². The van der Waals surface area contributed by atoms with E-state index >= 15 is 0 Å². The molecule has 1 aromatic carbocycles. The Labute approximate surface area is 198 Å². The number of aromatic nitrogens is 3. The molecular formula is C23H24F3N5O4. The number of hydrogen-bond donors (Lipinski definition) is 2. The van der Waals surface area contributed by atoms with Crippen LogP contribution in [0.1, 0.15) is 36.0 Å². The van der Waals surface area contributed by atoms with Crippen LogP contribution >= 0.6 is 0 Å². The number of carbonyl (C=O) groups excluding carboxylic acids is 3. The Balaban J connectivity index is 1.49. The van der Waals surface area contributed by atoms with Crippen LogP contribution in [0.2, 0.25) is 0 Å². The number of ether oxygens (including phenoxy) is 1. The van der Waals surface area contributed by atoms with Gasteiger partial charge in [-0.2, -0.15) is 5.10 Å². The van der Waals surface area contributed by atoms with Gasteiger partial charge in [-0.25, -0.2) is 22.7 Å². The molecule has 2 N–H and O–H groups in total. The third-order valence-electron chi connectivity index (χ3n) is 5.28. The molecule has 2 heterocycles. The van der Waals surface area contributed by atoms with Gasteiger partial charge in [-0.15, -0.1) is 0 Å². The summed E-state index contributed by atoms with van der Waals surface area (Å²) in [6, 6.07) is 3.36. The van der Waals surface area contributed by atoms with Crippen LogP contribution in [-0.4, -0.2) is 45.0 Å². The minimum atomic E-state index is -1.73. The topological polar surface area (TPSA) is 115 Å². The van der Waals surface area contributed by atoms with Gasteiger partial charge in [0.2, 0.25) is 5.91 Å². The zero-order chi connectivity index (χ0) is 25.9. The van der Waals surface area contributed by atoms with Gasteiger partial charge in [0, 0.05) is 23.9 Å². The van der Waals surface area contributed by atoms with Gasteiger partial charge in [-0.3, -0.25) is 14.4 Å². The van der Waals surface area contributed by atoms with Gasteiger partial charge in [0.15, 0.2) is 29.2 Å². The maximum absolute atomic E-state index is 13.6. The van der Waals surface area contributed by atoms with Crippen molar-refractivity contribution in [3.05, 3.63) is 58.3 Å². The molecule has 9 nitrogen and oxygen atoms in total. The van der Waals surface area contributed by atoms with Crippen molar-refractivity contribution in [1.82, 2.24) is 19.9 Å². The van der Waals surface area contributed by atoms with Crippen LogP contribution in [0.4, 0.5) is 18.9 Å². The molecular weight excluding hydrogens is 467 g/mol. The van der Waals surface area contributed by atoms with Gasteiger partial charge >= 0.3 is 5.97 Å². The van der Waals surface area contributed by atoms with Crippen molar-refractivity contribution < 1.29 is 32.3 Å². The minimum Gasteiger partial charge on any atom is -0.453 e. The molecule has 0 radical (unpaired) electrons. The number of halogens is 3. The molecule has 0 saturated heterocycles. The summed E-state index contributed by atoms with van der Waals surface area (Å²) in [6.07, 6.45) is -0.885. The first kappa shape index (κ1) is 25.7. The van der Waals surface area contributed by atoms with E-state index in [-0.39, 0.29) is 6.42 Å². The maximum Gasteiger partial charge on any atom is 0.306 e. The number of aryl methyl sites for hydroxylation is 3. The second-order valence-corrected chi connectivity index (χ2v) is 7.94. The highest BCUT2D eigenvalue weighted by Gasteiger charge is 2.20. The number of amides is 2. The van der Waals surface area contributed by atoms with Crippen LogP contribution in [0.15, 0.2) is 18.2 Å². The lowest BCUT2D eigenvalue weighted by Gasteiger charge is -2.15. The van der Waals surface area contributed by atoms with E-state index in [1.165, 1.54) is 6.92 Å². The van der Waals surface area contributed by atoms with E-state index in [1.807, 2.05) is 32.2 Å². The first-order valence-corrected chi connectivity index (χ1v) is 10.7. The zero-order valence-corrected chi connectivity index (χ0v) is 19.5. The fourth-order valence-electron chi connectivity index (χ4n) is 3.47. The molecule has 0 aliphatic carbocycles. The van der Waals surface area contributed by atoms with Gasteiger partial charge in [-0.05, 0) is 51.8 Å². The predicted molar refractivity (Wildman–Crippen MR) is 119 cm³/mol. The van der Waals surface area contributed by atoms with Crippen molar-refractivity contribution in [2.45, 2.75) is 46.6 Å². The number of hydrogen-bond acceptors (Lipinski definition) is 6. The van der Waals surface area contributed by atoms with Gasteiger partial charge < -0.3 is 15.4 Å². The Kier molecular flexibility index (Phi) is 7.72. The summed E-state index contributed by atoms with van der Waals surface area (Å²) in [7, 11) is 0. The molecule has 0 spiro atoms. The number of carbonyl (C=O) groups is 3. The van der Waals surface area contributed by atoms with Crippen LogP contribution in [0.5, 0.6) is 0 Å². The van der Waals surface area contributed by atoms with E-state index in [1.54, 1.807) is 4.52 Å². The SMILES string of the molecule is Cc1cc2nc(C)c(CCC(=O)O[C@H](C)C(=O)NCC(=O)Nc3ccc(F)c(F)c3F)c(C)n2n1. The first-order chi connectivity index (χ1) is 16.5. The molecule has 0 saturated carbocycles. The second kappa shape index (κ2) is 10.5. The average molecular weight is 491 g/mol. The van der Waals surface area contributed by atoms with Crippen LogP contribution < -0.4 is 10.6 Å². The molecule has 186 valence electrons. The van der Waals surface area contributed by atoms with Gasteiger partial charge in [-0.1, -0.05) is 0 Å². The number of nitrogens with one attached hydrogen (secondary N) is 2. The summed E-state index contributed by atoms with van der Waals surface area (Å²) in [6.45, 7) is 6.30. The minimum absolute atomic E-state index is 0.0113. The van der Waals surface area contributed by atoms with Crippen molar-refractivity contribution in [2.24, 2.45) is 0 Å². The zero-order valence-electron chi connectivity index (χ0n) is 19.5. The van der Waals surface area contributed by atoms with Gasteiger partial charge in [0.1, 0.15) is 0 Å². The Hall–Kier alpha value is -3.96. The molecule has 12 heteroatoms. The average Bonchev–Trinajstić information content (AvgIpc) is 3.17. The Morgan fingerprint density at radius 1 is 1.11 bits per heavy atom. The largest absolute Gasteiger partial charge is 0.453 e. The predicted octanol–water partition coefficient (Wildman–Crippen LogP) is 2.69. The molecule has 0 aliphatic rings. The molecule has 0 aliphatic heterocycles. The standard InChI is InChI=1S/C23H24F3N5O4/c1-11-9-18-28-12(2)15(13(3)31(18)30-11)5-8-20(33)35-14(4)23(34)27-10-19(32)29-17-7-6-16(24)21(25)22(17)26/h6-7,9,14H,5,8,10H2,1-4H3,(H,27,34)(H,29,32)/t14-/m1/s1. The summed E-state index contributed by atoms with van der Waals surface area (Å²) in [5, 5.41) is 8.63. The van der Waals surface area contributed by atoms with Crippen molar-refractivity contribution in [2.75, 3.05) is 11.9 Å². The molecule has 3 aromatic rings. The van der Waals surface area contributed by atoms with E-state index in [2.05, 4.69) is 15.4 Å². The molecule has 3 rings (SSSR count). The number of esters is 1. The highest BCUT2D eigenvalue weighted by Crippen LogP contribution is 2.19. The first-order valence-electron chi connectivity index (χ1n) is 10.7. The van der Waals surface area contributed by atoms with Crippen LogP contribution in [-0.2, 0) is 25.5 Å². The number of nitrogens with zero attached hydrogens (tertiary/aromatic N) is 3. The van der Waals surface area contributed by atoms with Crippen molar-refractivity contribution >= 4 is 29.1 Å². The van der Waals surface area contributed by atoms with E-state index in [9.17, 15) is 27.6 Å². The van der Waals surface area contributed by atoms with Crippen molar-refractivity contribution in [1.29, 1.82) is 0 Å². The fourth-order valence-corrected chi connectivity index (χ4v) is 3.47. The molecule has 1 atom stereocenters. The molecule has 0 unspecified atom stereocenters. The molecule has 0 fully saturated rings. The molecule has 2 aromatic heterocycles. The maximum atomic E-state index is 13.6. The molecule has 2 amide bonds. The number of fused-ring (bicyclic) bond motifs is 1. The van der Waals surface area contributed by atoms with Crippen molar-refractivity contribution in [3.63, 3.8) is 0 Å². The van der Waals surface area contributed by atoms with E-state index in [0.717, 1.165) is 28.7 Å². The summed E-state index contributed by atoms with van der Waals surface area (Å²) in [5.74, 6) is -6.96. The van der Waals surface area contributed by atoms with Gasteiger partial charge in [0.25, 0.3) is 5.91 Å². The summed E-state index contributed by atoms with van der Waals surface area (Å²) in [4.78, 5) is 40.8. The second-order valence-electron chi connectivity index (χ2n) is 7.94. The fraction of sp³-hybridized carbons (Fsp3) is 0.348. The van der Waals surface area contributed by atoms with Crippen molar-refractivity contribution in [3.8, 4) is 0 Å². The van der Waals surface area contributed by atoms with E-state index in [0.29, 0.717) is 18.1 Å². The summed E-state index contributed by atoms with van der Waals surface area (Å²) >= 11 is 0. The molecule has 0 bridgehead atoms. The third kappa shape index (κ3) is 5.94. The highest BCUT2D eigenvalue weighted by atomic mass is 19.2. The Bertz CT molecular complexity index is 1310. The van der Waals surface area contributed by atoms with E-state index in [4.69, 9.17) is 4.74 Å². The molecule has 35 heavy (non-hydrogen) atoms. The smallest absolute Gasteiger partial charge is 0.306 e. The lowest BCUT2D eigenvalue weighted by molar-refractivity contribution is -0.154. The van der Waals surface area contributed by atoms with Gasteiger partial charge in [0.05, 0.1) is 17.9 Å². The summed E-state index contributed by atoms with van der Waals surface area (Å²) < 4.78 is 46.7. The number of anilines is 1. The lowest BCUT2D eigenvalue weighted by atomic mass is 10.1. The Morgan fingerprint density at radius 3 is 2.54 bits per heavy atom. The van der Waals surface area contributed by atoms with E-state index < -0.39 is 53.6 Å². The normalized spacial score (nSPS) is 11.9. The van der Waals surface area contributed by atoms with Crippen LogP contribution in [0, 0.1) is 38.2 Å². The highest BCUT2D eigenvalue weighted by molar-refractivity contribution is 5.95. The van der Waals surface area contributed by atoms with Crippen LogP contribution in [0.25, 0.3) is 5.65 Å². The third-order valence-corrected chi connectivity index (χ3v) is 5.28. The quantitative estimate of drug-likeness (QED) is 0.370. The number of rotatable bonds is 8. The summed E-state index contributed by atoms with van der Waals surface area (Å²) in [5.41, 5.74) is 3.41. The lowest BCUT2D eigenvalue weighted by Crippen LogP contribution is -2.40. The number of benzene rings is 1. The monoisotopic (exact) mass is 491 g/mol.